The van der Waals surface area contributed by atoms with E-state index < -0.39 is 20.9 Å². The molecule has 0 spiro atoms. The maximum Gasteiger partial charge on any atom is 0.182 e. The van der Waals surface area contributed by atoms with Crippen molar-refractivity contribution in [1.82, 2.24) is 5.32 Å². The maximum absolute atomic E-state index is 13.0. The SMILES string of the molecule is CCNC1CCC(C)(C)CC1S(=O)(=O)c1ccc(F)cc1. The zero-order valence-electron chi connectivity index (χ0n) is 12.9. The van der Waals surface area contributed by atoms with E-state index in [1.807, 2.05) is 6.92 Å². The Hall–Kier alpha value is -0.940. The molecule has 1 fully saturated rings. The molecule has 5 heteroatoms. The normalized spacial score (nSPS) is 25.7. The molecule has 1 aliphatic rings. The Kier molecular flexibility index (Phi) is 4.73. The largest absolute Gasteiger partial charge is 0.313 e. The third kappa shape index (κ3) is 3.64. The average molecular weight is 313 g/mol. The van der Waals surface area contributed by atoms with Crippen molar-refractivity contribution in [2.45, 2.75) is 56.2 Å². The van der Waals surface area contributed by atoms with Crippen molar-refractivity contribution in [3.63, 3.8) is 0 Å². The predicted molar refractivity (Wildman–Crippen MR) is 82.5 cm³/mol. The number of hydrogen-bond donors (Lipinski definition) is 1. The van der Waals surface area contributed by atoms with Crippen LogP contribution >= 0.6 is 0 Å². The van der Waals surface area contributed by atoms with Gasteiger partial charge in [0.25, 0.3) is 0 Å². The minimum Gasteiger partial charge on any atom is -0.313 e. The third-order valence-electron chi connectivity index (χ3n) is 4.34. The summed E-state index contributed by atoms with van der Waals surface area (Å²) in [5.74, 6) is -0.416. The van der Waals surface area contributed by atoms with Crippen molar-refractivity contribution in [3.05, 3.63) is 30.1 Å². The van der Waals surface area contributed by atoms with Gasteiger partial charge < -0.3 is 5.32 Å². The molecule has 1 aromatic carbocycles. The third-order valence-corrected chi connectivity index (χ3v) is 6.56. The van der Waals surface area contributed by atoms with E-state index in [1.54, 1.807) is 0 Å². The smallest absolute Gasteiger partial charge is 0.182 e. The summed E-state index contributed by atoms with van der Waals surface area (Å²) in [6, 6.07) is 5.13. The van der Waals surface area contributed by atoms with E-state index in [0.29, 0.717) is 6.42 Å². The highest BCUT2D eigenvalue weighted by atomic mass is 32.2. The van der Waals surface area contributed by atoms with E-state index in [4.69, 9.17) is 0 Å². The van der Waals surface area contributed by atoms with Crippen molar-refractivity contribution in [2.75, 3.05) is 6.54 Å². The molecule has 1 N–H and O–H groups in total. The average Bonchev–Trinajstić information content (AvgIpc) is 2.41. The molecule has 3 nitrogen and oxygen atoms in total. The lowest BCUT2D eigenvalue weighted by Gasteiger charge is -2.40. The van der Waals surface area contributed by atoms with Gasteiger partial charge >= 0.3 is 0 Å². The van der Waals surface area contributed by atoms with E-state index >= 15 is 0 Å². The van der Waals surface area contributed by atoms with Crippen LogP contribution in [0.5, 0.6) is 0 Å². The second kappa shape index (κ2) is 6.05. The van der Waals surface area contributed by atoms with Crippen molar-refractivity contribution in [2.24, 2.45) is 5.41 Å². The van der Waals surface area contributed by atoms with Gasteiger partial charge in [-0.05, 0) is 55.5 Å². The number of nitrogens with one attached hydrogen (secondary N) is 1. The van der Waals surface area contributed by atoms with Crippen LogP contribution in [0.3, 0.4) is 0 Å². The summed E-state index contributed by atoms with van der Waals surface area (Å²) in [7, 11) is -3.45. The Morgan fingerprint density at radius 3 is 2.48 bits per heavy atom. The zero-order valence-corrected chi connectivity index (χ0v) is 13.7. The van der Waals surface area contributed by atoms with Crippen molar-refractivity contribution >= 4 is 9.84 Å². The molecule has 2 atom stereocenters. The second-order valence-corrected chi connectivity index (χ2v) is 8.78. The first-order valence-corrected chi connectivity index (χ1v) is 9.04. The van der Waals surface area contributed by atoms with Gasteiger partial charge in [-0.15, -0.1) is 0 Å². The standard InChI is InChI=1S/C16H24FNO2S/c1-4-18-14-9-10-16(2,3)11-15(14)21(19,20)13-7-5-12(17)6-8-13/h5-8,14-15,18H,4,9-11H2,1-3H3. The topological polar surface area (TPSA) is 46.2 Å². The van der Waals surface area contributed by atoms with Crippen LogP contribution in [0, 0.1) is 11.2 Å². The molecule has 2 rings (SSSR count). The highest BCUT2D eigenvalue weighted by molar-refractivity contribution is 7.92. The van der Waals surface area contributed by atoms with Gasteiger partial charge in [0, 0.05) is 6.04 Å². The number of benzene rings is 1. The second-order valence-electron chi connectivity index (χ2n) is 6.61. The Labute approximate surface area is 126 Å². The lowest BCUT2D eigenvalue weighted by Crippen LogP contribution is -2.49. The summed E-state index contributed by atoms with van der Waals surface area (Å²) >= 11 is 0. The highest BCUT2D eigenvalue weighted by Gasteiger charge is 2.42. The van der Waals surface area contributed by atoms with Crippen LogP contribution in [0.25, 0.3) is 0 Å². The van der Waals surface area contributed by atoms with Gasteiger partial charge in [-0.3, -0.25) is 0 Å². The fourth-order valence-corrected chi connectivity index (χ4v) is 5.34. The molecular formula is C16H24FNO2S. The van der Waals surface area contributed by atoms with Gasteiger partial charge in [-0.25, -0.2) is 12.8 Å². The lowest BCUT2D eigenvalue weighted by molar-refractivity contribution is 0.210. The van der Waals surface area contributed by atoms with Crippen LogP contribution < -0.4 is 5.32 Å². The Morgan fingerprint density at radius 1 is 1.29 bits per heavy atom. The van der Waals surface area contributed by atoms with Gasteiger partial charge in [0.1, 0.15) is 5.82 Å². The monoisotopic (exact) mass is 313 g/mol. The minimum atomic E-state index is -3.45. The number of sulfone groups is 1. The summed E-state index contributed by atoms with van der Waals surface area (Å²) in [4.78, 5) is 0.217. The Bertz CT molecular complexity index is 581. The molecular weight excluding hydrogens is 289 g/mol. The first kappa shape index (κ1) is 16.4. The fraction of sp³-hybridized carbons (Fsp3) is 0.625. The molecule has 118 valence electrons. The molecule has 0 amide bonds. The molecule has 0 radical (unpaired) electrons. The van der Waals surface area contributed by atoms with E-state index in [-0.39, 0.29) is 16.4 Å². The summed E-state index contributed by atoms with van der Waals surface area (Å²) in [6.07, 6.45) is 2.50. The van der Waals surface area contributed by atoms with Gasteiger partial charge in [-0.1, -0.05) is 20.8 Å². The number of hydrogen-bond acceptors (Lipinski definition) is 3. The number of halogens is 1. The highest BCUT2D eigenvalue weighted by Crippen LogP contribution is 2.40. The lowest BCUT2D eigenvalue weighted by atomic mass is 9.75. The minimum absolute atomic E-state index is 0.0175. The molecule has 0 bridgehead atoms. The predicted octanol–water partition coefficient (Wildman–Crippen LogP) is 3.16. The van der Waals surface area contributed by atoms with E-state index in [2.05, 4.69) is 19.2 Å². The van der Waals surface area contributed by atoms with Gasteiger partial charge in [-0.2, -0.15) is 0 Å². The molecule has 21 heavy (non-hydrogen) atoms. The van der Waals surface area contributed by atoms with E-state index in [1.165, 1.54) is 24.3 Å². The van der Waals surface area contributed by atoms with Crippen LogP contribution in [0.15, 0.2) is 29.2 Å². The molecule has 0 aliphatic heterocycles. The zero-order chi connectivity index (χ0) is 15.7. The summed E-state index contributed by atoms with van der Waals surface area (Å²) in [5.41, 5.74) is 0.0175. The molecule has 0 saturated heterocycles. The van der Waals surface area contributed by atoms with Crippen LogP contribution in [-0.2, 0) is 9.84 Å². The fourth-order valence-electron chi connectivity index (χ4n) is 3.14. The van der Waals surface area contributed by atoms with Crippen LogP contribution in [0.1, 0.15) is 40.0 Å². The first-order chi connectivity index (χ1) is 9.76. The number of rotatable bonds is 4. The van der Waals surface area contributed by atoms with Gasteiger partial charge in [0.2, 0.25) is 0 Å². The molecule has 1 aromatic rings. The molecule has 0 heterocycles. The summed E-state index contributed by atoms with van der Waals surface area (Å²) in [5, 5.41) is 2.85. The van der Waals surface area contributed by atoms with Crippen molar-refractivity contribution in [3.8, 4) is 0 Å². The molecule has 0 aromatic heterocycles. The molecule has 1 saturated carbocycles. The molecule has 1 aliphatic carbocycles. The molecule has 2 unspecified atom stereocenters. The summed E-state index contributed by atoms with van der Waals surface area (Å²) < 4.78 is 38.8. The van der Waals surface area contributed by atoms with Crippen molar-refractivity contribution < 1.29 is 12.8 Å². The Balaban J connectivity index is 2.35. The van der Waals surface area contributed by atoms with Crippen LogP contribution in [-0.4, -0.2) is 26.3 Å². The van der Waals surface area contributed by atoms with E-state index in [9.17, 15) is 12.8 Å². The van der Waals surface area contributed by atoms with Gasteiger partial charge in [0.05, 0.1) is 10.1 Å². The Morgan fingerprint density at radius 2 is 1.90 bits per heavy atom. The van der Waals surface area contributed by atoms with E-state index in [0.717, 1.165) is 19.4 Å². The van der Waals surface area contributed by atoms with Crippen molar-refractivity contribution in [1.29, 1.82) is 0 Å². The quantitative estimate of drug-likeness (QED) is 0.869. The maximum atomic E-state index is 13.0. The van der Waals surface area contributed by atoms with Gasteiger partial charge in [0.15, 0.2) is 9.84 Å². The van der Waals surface area contributed by atoms with Crippen LogP contribution in [0.2, 0.25) is 0 Å². The first-order valence-electron chi connectivity index (χ1n) is 7.49. The summed E-state index contributed by atoms with van der Waals surface area (Å²) in [6.45, 7) is 6.96. The van der Waals surface area contributed by atoms with Crippen LogP contribution in [0.4, 0.5) is 4.39 Å².